The minimum Gasteiger partial charge on any atom is -0.310 e. The molecule has 2 aromatic carbocycles. The third kappa shape index (κ3) is 4.31. The maximum atomic E-state index is 12.4. The van der Waals surface area contributed by atoms with Crippen LogP contribution in [-0.2, 0) is 4.79 Å². The summed E-state index contributed by atoms with van der Waals surface area (Å²) in [5, 5.41) is 7.44. The molecule has 0 aliphatic rings. The van der Waals surface area contributed by atoms with E-state index in [4.69, 9.17) is 0 Å². The molecule has 4 nitrogen and oxygen atoms in total. The largest absolute Gasteiger partial charge is 0.310 e. The number of benzene rings is 2. The summed E-state index contributed by atoms with van der Waals surface area (Å²) in [6.07, 6.45) is 0. The molecule has 1 amide bonds. The van der Waals surface area contributed by atoms with Gasteiger partial charge in [0.2, 0.25) is 5.91 Å². The summed E-state index contributed by atoms with van der Waals surface area (Å²) in [6, 6.07) is 17.9. The van der Waals surface area contributed by atoms with Gasteiger partial charge in [0.15, 0.2) is 0 Å². The lowest BCUT2D eigenvalue weighted by atomic mass is 10.1. The smallest absolute Gasteiger partial charge is 0.235 e. The molecular weight excluding hydrogens is 330 g/mol. The molecule has 0 fully saturated rings. The molecule has 0 aliphatic heterocycles. The lowest BCUT2D eigenvalue weighted by Crippen LogP contribution is -2.16. The fourth-order valence-electron chi connectivity index (χ4n) is 2.49. The van der Waals surface area contributed by atoms with Gasteiger partial charge in [0.05, 0.1) is 17.1 Å². The number of anilines is 1. The molecule has 0 atom stereocenters. The van der Waals surface area contributed by atoms with Gasteiger partial charge in [-0.25, -0.2) is 4.68 Å². The van der Waals surface area contributed by atoms with Gasteiger partial charge in [-0.15, -0.1) is 11.8 Å². The molecule has 1 N–H and O–H groups in total. The van der Waals surface area contributed by atoms with Crippen molar-refractivity contribution in [2.24, 2.45) is 0 Å². The molecule has 0 bridgehead atoms. The van der Waals surface area contributed by atoms with E-state index < -0.39 is 0 Å². The first-order valence-corrected chi connectivity index (χ1v) is 9.13. The molecule has 1 aromatic heterocycles. The number of amides is 1. The van der Waals surface area contributed by atoms with Crippen molar-refractivity contribution in [2.45, 2.75) is 25.7 Å². The highest BCUT2D eigenvalue weighted by molar-refractivity contribution is 8.00. The molecule has 1 heterocycles. The zero-order valence-corrected chi connectivity index (χ0v) is 15.4. The number of para-hydroxylation sites is 1. The Morgan fingerprint density at radius 3 is 2.52 bits per heavy atom. The van der Waals surface area contributed by atoms with Crippen molar-refractivity contribution in [3.63, 3.8) is 0 Å². The molecule has 3 aromatic rings. The number of rotatable bonds is 5. The van der Waals surface area contributed by atoms with E-state index in [9.17, 15) is 4.79 Å². The number of carbonyl (C=O) groups is 1. The van der Waals surface area contributed by atoms with Gasteiger partial charge in [-0.3, -0.25) is 4.79 Å². The quantitative estimate of drug-likeness (QED) is 0.687. The Balaban J connectivity index is 1.68. The minimum atomic E-state index is -0.0414. The van der Waals surface area contributed by atoms with Crippen molar-refractivity contribution >= 4 is 23.5 Å². The summed E-state index contributed by atoms with van der Waals surface area (Å²) >= 11 is 1.54. The van der Waals surface area contributed by atoms with Crippen LogP contribution in [0, 0.1) is 20.8 Å². The Labute approximate surface area is 152 Å². The van der Waals surface area contributed by atoms with Gasteiger partial charge in [-0.1, -0.05) is 24.3 Å². The average Bonchev–Trinajstić information content (AvgIpc) is 2.97. The number of hydrogen-bond donors (Lipinski definition) is 1. The van der Waals surface area contributed by atoms with Crippen LogP contribution in [0.4, 0.5) is 5.82 Å². The van der Waals surface area contributed by atoms with Crippen LogP contribution in [0.5, 0.6) is 0 Å². The lowest BCUT2D eigenvalue weighted by molar-refractivity contribution is -0.113. The molecule has 5 heteroatoms. The van der Waals surface area contributed by atoms with E-state index in [0.717, 1.165) is 16.3 Å². The fourth-order valence-corrected chi connectivity index (χ4v) is 3.28. The summed E-state index contributed by atoms with van der Waals surface area (Å²) < 4.78 is 1.76. The molecule has 0 aliphatic carbocycles. The van der Waals surface area contributed by atoms with Crippen molar-refractivity contribution in [2.75, 3.05) is 11.1 Å². The Bertz CT molecular complexity index is 887. The SMILES string of the molecule is Cc1cc(NC(=O)CSc2ccc(C)c(C)c2)n(-c2ccccc2)n1. The Morgan fingerprint density at radius 2 is 1.80 bits per heavy atom. The number of aryl methyl sites for hydroxylation is 3. The van der Waals surface area contributed by atoms with E-state index in [1.807, 2.05) is 43.3 Å². The zero-order valence-electron chi connectivity index (χ0n) is 14.6. The number of hydrogen-bond acceptors (Lipinski definition) is 3. The first kappa shape index (κ1) is 17.3. The molecule has 0 saturated heterocycles. The molecule has 0 radical (unpaired) electrons. The predicted molar refractivity (Wildman–Crippen MR) is 104 cm³/mol. The molecule has 25 heavy (non-hydrogen) atoms. The summed E-state index contributed by atoms with van der Waals surface area (Å²) in [4.78, 5) is 13.5. The van der Waals surface area contributed by atoms with Crippen molar-refractivity contribution in [1.82, 2.24) is 9.78 Å². The topological polar surface area (TPSA) is 46.9 Å². The van der Waals surface area contributed by atoms with E-state index in [-0.39, 0.29) is 5.91 Å². The number of aromatic nitrogens is 2. The van der Waals surface area contributed by atoms with E-state index in [2.05, 4.69) is 42.5 Å². The van der Waals surface area contributed by atoms with Crippen molar-refractivity contribution in [1.29, 1.82) is 0 Å². The monoisotopic (exact) mass is 351 g/mol. The molecule has 3 rings (SSSR count). The van der Waals surface area contributed by atoms with Crippen LogP contribution in [0.25, 0.3) is 5.69 Å². The number of nitrogens with one attached hydrogen (secondary N) is 1. The fraction of sp³-hybridized carbons (Fsp3) is 0.200. The van der Waals surface area contributed by atoms with Gasteiger partial charge < -0.3 is 5.32 Å². The second-order valence-electron chi connectivity index (χ2n) is 6.00. The first-order chi connectivity index (χ1) is 12.0. The van der Waals surface area contributed by atoms with Crippen LogP contribution in [-0.4, -0.2) is 21.4 Å². The summed E-state index contributed by atoms with van der Waals surface area (Å²) in [6.45, 7) is 6.09. The van der Waals surface area contributed by atoms with Crippen LogP contribution >= 0.6 is 11.8 Å². The predicted octanol–water partition coefficient (Wildman–Crippen LogP) is 4.53. The zero-order chi connectivity index (χ0) is 17.8. The third-order valence-electron chi connectivity index (χ3n) is 3.95. The van der Waals surface area contributed by atoms with Crippen LogP contribution < -0.4 is 5.32 Å². The average molecular weight is 351 g/mol. The Hall–Kier alpha value is -2.53. The highest BCUT2D eigenvalue weighted by atomic mass is 32.2. The normalized spacial score (nSPS) is 10.7. The summed E-state index contributed by atoms with van der Waals surface area (Å²) in [7, 11) is 0. The van der Waals surface area contributed by atoms with Crippen LogP contribution in [0.1, 0.15) is 16.8 Å². The molecule has 0 saturated carbocycles. The number of nitrogens with zero attached hydrogens (tertiary/aromatic N) is 2. The van der Waals surface area contributed by atoms with Gasteiger partial charge in [0, 0.05) is 11.0 Å². The first-order valence-electron chi connectivity index (χ1n) is 8.15. The van der Waals surface area contributed by atoms with Gasteiger partial charge >= 0.3 is 0 Å². The Morgan fingerprint density at radius 1 is 1.04 bits per heavy atom. The van der Waals surface area contributed by atoms with Crippen molar-refractivity contribution < 1.29 is 4.79 Å². The van der Waals surface area contributed by atoms with Crippen molar-refractivity contribution in [3.8, 4) is 5.69 Å². The maximum absolute atomic E-state index is 12.4. The summed E-state index contributed by atoms with van der Waals surface area (Å²) in [5.74, 6) is 1.01. The molecule has 0 spiro atoms. The van der Waals surface area contributed by atoms with Crippen LogP contribution in [0.2, 0.25) is 0 Å². The molecule has 0 unspecified atom stereocenters. The summed E-state index contributed by atoms with van der Waals surface area (Å²) in [5.41, 5.74) is 4.29. The van der Waals surface area contributed by atoms with Crippen molar-refractivity contribution in [3.05, 3.63) is 71.4 Å². The lowest BCUT2D eigenvalue weighted by Gasteiger charge is -2.09. The van der Waals surface area contributed by atoms with Crippen LogP contribution in [0.3, 0.4) is 0 Å². The van der Waals surface area contributed by atoms with Crippen LogP contribution in [0.15, 0.2) is 59.5 Å². The van der Waals surface area contributed by atoms with Gasteiger partial charge in [0.25, 0.3) is 0 Å². The second-order valence-corrected chi connectivity index (χ2v) is 7.05. The standard InChI is InChI=1S/C20H21N3OS/c1-14-9-10-18(11-15(14)2)25-13-20(24)21-19-12-16(3)22-23(19)17-7-5-4-6-8-17/h4-12H,13H2,1-3H3,(H,21,24). The highest BCUT2D eigenvalue weighted by Crippen LogP contribution is 2.22. The highest BCUT2D eigenvalue weighted by Gasteiger charge is 2.11. The molecule has 128 valence electrons. The van der Waals surface area contributed by atoms with E-state index in [1.165, 1.54) is 22.9 Å². The maximum Gasteiger partial charge on any atom is 0.235 e. The van der Waals surface area contributed by atoms with E-state index in [1.54, 1.807) is 4.68 Å². The Kier molecular flexibility index (Phi) is 5.24. The third-order valence-corrected chi connectivity index (χ3v) is 4.94. The van der Waals surface area contributed by atoms with Gasteiger partial charge in [-0.2, -0.15) is 5.10 Å². The minimum absolute atomic E-state index is 0.0414. The van der Waals surface area contributed by atoms with Gasteiger partial charge in [-0.05, 0) is 56.2 Å². The number of carbonyl (C=O) groups excluding carboxylic acids is 1. The molecular formula is C20H21N3OS. The second kappa shape index (κ2) is 7.57. The van der Waals surface area contributed by atoms with E-state index in [0.29, 0.717) is 11.6 Å². The number of thioether (sulfide) groups is 1. The van der Waals surface area contributed by atoms with Gasteiger partial charge in [0.1, 0.15) is 5.82 Å². The van der Waals surface area contributed by atoms with E-state index >= 15 is 0 Å².